The van der Waals surface area contributed by atoms with E-state index in [0.717, 1.165) is 14.9 Å². The number of esters is 1. The molecule has 5 nitrogen and oxygen atoms in total. The number of hydrogen-bond donors (Lipinski definition) is 0. The lowest BCUT2D eigenvalue weighted by Gasteiger charge is -2.02. The van der Waals surface area contributed by atoms with Crippen molar-refractivity contribution in [3.05, 3.63) is 65.0 Å². The highest BCUT2D eigenvalue weighted by molar-refractivity contribution is 9.10. The minimum absolute atomic E-state index is 0.0282. The molecule has 0 aliphatic carbocycles. The average molecular weight is 405 g/mol. The number of carbonyl (C=O) groups excluding carboxylic acids is 1. The van der Waals surface area contributed by atoms with E-state index in [-0.39, 0.29) is 24.2 Å². The topological polar surface area (TPSA) is 65.2 Å². The van der Waals surface area contributed by atoms with Crippen LogP contribution < -0.4 is 0 Å². The van der Waals surface area contributed by atoms with Crippen molar-refractivity contribution in [2.75, 3.05) is 5.75 Å². The number of aromatic nitrogens is 2. The fraction of sp³-hybridized carbons (Fsp3) is 0.118. The second-order valence-corrected chi connectivity index (χ2v) is 6.75. The number of thioether (sulfide) groups is 1. The van der Waals surface area contributed by atoms with Crippen LogP contribution in [-0.2, 0) is 16.1 Å². The molecule has 2 aromatic carbocycles. The molecule has 0 N–H and O–H groups in total. The third-order valence-electron chi connectivity index (χ3n) is 3.03. The fourth-order valence-electron chi connectivity index (χ4n) is 1.87. The maximum Gasteiger partial charge on any atom is 0.316 e. The summed E-state index contributed by atoms with van der Waals surface area (Å²) >= 11 is 4.78. The Balaban J connectivity index is 1.48. The molecule has 0 spiro atoms. The van der Waals surface area contributed by atoms with Crippen molar-refractivity contribution in [1.29, 1.82) is 0 Å². The van der Waals surface area contributed by atoms with E-state index in [1.165, 1.54) is 11.8 Å². The number of rotatable bonds is 6. The maximum atomic E-state index is 11.8. The molecule has 0 unspecified atom stereocenters. The highest BCUT2D eigenvalue weighted by Crippen LogP contribution is 2.21. The third kappa shape index (κ3) is 4.69. The van der Waals surface area contributed by atoms with Gasteiger partial charge in [0.15, 0.2) is 6.61 Å². The molecule has 0 bridgehead atoms. The van der Waals surface area contributed by atoms with Crippen LogP contribution in [0.2, 0.25) is 0 Å². The number of halogens is 1. The summed E-state index contributed by atoms with van der Waals surface area (Å²) in [7, 11) is 0. The van der Waals surface area contributed by atoms with E-state index < -0.39 is 0 Å². The lowest BCUT2D eigenvalue weighted by molar-refractivity contribution is -0.142. The smallest absolute Gasteiger partial charge is 0.316 e. The Labute approximate surface area is 151 Å². The van der Waals surface area contributed by atoms with E-state index in [1.54, 1.807) is 0 Å². The predicted molar refractivity (Wildman–Crippen MR) is 94.4 cm³/mol. The van der Waals surface area contributed by atoms with Gasteiger partial charge in [-0.1, -0.05) is 51.4 Å². The van der Waals surface area contributed by atoms with Gasteiger partial charge in [-0.05, 0) is 24.3 Å². The fourth-order valence-corrected chi connectivity index (χ4v) is 2.84. The number of hydrogen-bond acceptors (Lipinski definition) is 6. The lowest BCUT2D eigenvalue weighted by atomic mass is 10.2. The largest absolute Gasteiger partial charge is 0.455 e. The lowest BCUT2D eigenvalue weighted by Crippen LogP contribution is -2.07. The zero-order valence-electron chi connectivity index (χ0n) is 12.5. The molecule has 0 saturated heterocycles. The molecule has 1 aromatic heterocycles. The Morgan fingerprint density at radius 1 is 1.12 bits per heavy atom. The molecule has 122 valence electrons. The van der Waals surface area contributed by atoms with Crippen LogP contribution in [0.3, 0.4) is 0 Å². The van der Waals surface area contributed by atoms with Gasteiger partial charge >= 0.3 is 5.97 Å². The molecule has 0 radical (unpaired) electrons. The summed E-state index contributed by atoms with van der Waals surface area (Å²) in [5, 5.41) is 3.88. The molecule has 0 atom stereocenters. The summed E-state index contributed by atoms with van der Waals surface area (Å²) in [6.45, 7) is -0.0282. The van der Waals surface area contributed by atoms with Gasteiger partial charge in [0.05, 0.1) is 5.75 Å². The average Bonchev–Trinajstić information content (AvgIpc) is 3.09. The number of ether oxygens (including phenoxy) is 1. The van der Waals surface area contributed by atoms with Gasteiger partial charge in [-0.25, -0.2) is 0 Å². The van der Waals surface area contributed by atoms with Crippen LogP contribution in [0, 0.1) is 0 Å². The van der Waals surface area contributed by atoms with E-state index in [9.17, 15) is 4.79 Å². The van der Waals surface area contributed by atoms with Crippen molar-refractivity contribution in [2.24, 2.45) is 0 Å². The SMILES string of the molecule is O=C(CSc1ccc(Br)cc1)OCc1nc(-c2ccccc2)no1. The summed E-state index contributed by atoms with van der Waals surface area (Å²) in [5.74, 6) is 0.644. The van der Waals surface area contributed by atoms with Crippen LogP contribution in [0.5, 0.6) is 0 Å². The van der Waals surface area contributed by atoms with Crippen LogP contribution in [0.15, 0.2) is 68.5 Å². The summed E-state index contributed by atoms with van der Waals surface area (Å²) in [6, 6.07) is 17.2. The van der Waals surface area contributed by atoms with Gasteiger partial charge in [-0.3, -0.25) is 4.79 Å². The minimum atomic E-state index is -0.331. The maximum absolute atomic E-state index is 11.8. The highest BCUT2D eigenvalue weighted by Gasteiger charge is 2.11. The first-order valence-electron chi connectivity index (χ1n) is 7.13. The Bertz CT molecular complexity index is 806. The molecule has 0 amide bonds. The Morgan fingerprint density at radius 3 is 2.62 bits per heavy atom. The van der Waals surface area contributed by atoms with Crippen molar-refractivity contribution in [3.8, 4) is 11.4 Å². The first-order chi connectivity index (χ1) is 11.7. The molecule has 0 fully saturated rings. The summed E-state index contributed by atoms with van der Waals surface area (Å²) in [5.41, 5.74) is 0.852. The van der Waals surface area contributed by atoms with E-state index >= 15 is 0 Å². The number of carbonyl (C=O) groups is 1. The molecule has 3 rings (SSSR count). The summed E-state index contributed by atoms with van der Waals surface area (Å²) in [4.78, 5) is 17.0. The predicted octanol–water partition coefficient (Wildman–Crippen LogP) is 4.33. The minimum Gasteiger partial charge on any atom is -0.455 e. The molecule has 0 aliphatic rings. The van der Waals surface area contributed by atoms with Crippen LogP contribution >= 0.6 is 27.7 Å². The van der Waals surface area contributed by atoms with Crippen molar-refractivity contribution in [3.63, 3.8) is 0 Å². The Morgan fingerprint density at radius 2 is 1.88 bits per heavy atom. The van der Waals surface area contributed by atoms with Gasteiger partial charge in [-0.15, -0.1) is 11.8 Å². The quantitative estimate of drug-likeness (QED) is 0.449. The molecule has 3 aromatic rings. The second-order valence-electron chi connectivity index (χ2n) is 4.78. The van der Waals surface area contributed by atoms with E-state index in [4.69, 9.17) is 9.26 Å². The van der Waals surface area contributed by atoms with E-state index in [1.807, 2.05) is 54.6 Å². The first kappa shape index (κ1) is 16.7. The molecule has 0 aliphatic heterocycles. The van der Waals surface area contributed by atoms with Gasteiger partial charge < -0.3 is 9.26 Å². The van der Waals surface area contributed by atoms with Crippen LogP contribution in [-0.4, -0.2) is 21.9 Å². The molecule has 7 heteroatoms. The van der Waals surface area contributed by atoms with Gasteiger partial charge in [0, 0.05) is 14.9 Å². The van der Waals surface area contributed by atoms with Gasteiger partial charge in [0.1, 0.15) is 0 Å². The second kappa shape index (κ2) is 8.12. The highest BCUT2D eigenvalue weighted by atomic mass is 79.9. The van der Waals surface area contributed by atoms with Crippen molar-refractivity contribution in [2.45, 2.75) is 11.5 Å². The Kier molecular flexibility index (Phi) is 5.66. The van der Waals surface area contributed by atoms with E-state index in [0.29, 0.717) is 5.82 Å². The van der Waals surface area contributed by atoms with Crippen LogP contribution in [0.1, 0.15) is 5.89 Å². The van der Waals surface area contributed by atoms with Gasteiger partial charge in [0.25, 0.3) is 5.89 Å². The molecule has 1 heterocycles. The Hall–Kier alpha value is -2.12. The third-order valence-corrected chi connectivity index (χ3v) is 4.54. The van der Waals surface area contributed by atoms with Crippen LogP contribution in [0.4, 0.5) is 0 Å². The van der Waals surface area contributed by atoms with Crippen LogP contribution in [0.25, 0.3) is 11.4 Å². The zero-order chi connectivity index (χ0) is 16.8. The first-order valence-corrected chi connectivity index (χ1v) is 8.90. The molecule has 0 saturated carbocycles. The van der Waals surface area contributed by atoms with Gasteiger partial charge in [-0.2, -0.15) is 4.98 Å². The summed E-state index contributed by atoms with van der Waals surface area (Å²) < 4.78 is 11.3. The van der Waals surface area contributed by atoms with Crippen molar-refractivity contribution < 1.29 is 14.1 Å². The number of benzene rings is 2. The molecular formula is C17H13BrN2O3S. The van der Waals surface area contributed by atoms with Crippen molar-refractivity contribution >= 4 is 33.7 Å². The van der Waals surface area contributed by atoms with Gasteiger partial charge in [0.2, 0.25) is 5.82 Å². The normalized spacial score (nSPS) is 10.5. The summed E-state index contributed by atoms with van der Waals surface area (Å²) in [6.07, 6.45) is 0. The van der Waals surface area contributed by atoms with E-state index in [2.05, 4.69) is 26.1 Å². The standard InChI is InChI=1S/C17H13BrN2O3S/c18-13-6-8-14(9-7-13)24-11-16(21)22-10-15-19-17(20-23-15)12-4-2-1-3-5-12/h1-9H,10-11H2. The monoisotopic (exact) mass is 404 g/mol. The molecular weight excluding hydrogens is 392 g/mol. The zero-order valence-corrected chi connectivity index (χ0v) is 14.9. The van der Waals surface area contributed by atoms with Crippen molar-refractivity contribution in [1.82, 2.24) is 10.1 Å². The number of nitrogens with zero attached hydrogens (tertiary/aromatic N) is 2. The molecule has 24 heavy (non-hydrogen) atoms.